The summed E-state index contributed by atoms with van der Waals surface area (Å²) in [6.07, 6.45) is -0.291. The van der Waals surface area contributed by atoms with Crippen molar-refractivity contribution in [2.24, 2.45) is 0 Å². The molecule has 192 valence electrons. The Kier molecular flexibility index (Phi) is 7.61. The number of carbonyl (C=O) groups is 2. The van der Waals surface area contributed by atoms with Crippen LogP contribution in [0, 0.1) is 0 Å². The van der Waals surface area contributed by atoms with Gasteiger partial charge in [-0.3, -0.25) is 14.3 Å². The van der Waals surface area contributed by atoms with Gasteiger partial charge in [-0.15, -0.1) is 0 Å². The first-order valence-electron chi connectivity index (χ1n) is 12.3. The zero-order chi connectivity index (χ0) is 26.0. The number of ether oxygens (including phenoxy) is 2. The van der Waals surface area contributed by atoms with E-state index < -0.39 is 5.97 Å². The number of methoxy groups -OCH3 is 1. The molecule has 3 aromatic rings. The number of esters is 1. The highest BCUT2D eigenvalue weighted by Crippen LogP contribution is 2.30. The van der Waals surface area contributed by atoms with Crippen LogP contribution in [0.25, 0.3) is 16.7 Å². The summed E-state index contributed by atoms with van der Waals surface area (Å²) in [5.74, 6) is -0.474. The minimum absolute atomic E-state index is 0.175. The van der Waals surface area contributed by atoms with E-state index in [0.29, 0.717) is 24.5 Å². The molecule has 1 aliphatic rings. The molecule has 1 aliphatic heterocycles. The second-order valence-electron chi connectivity index (χ2n) is 9.29. The number of nitrogens with zero attached hydrogens (tertiary/aromatic N) is 4. The van der Waals surface area contributed by atoms with Gasteiger partial charge in [-0.05, 0) is 64.1 Å². The lowest BCUT2D eigenvalue weighted by Crippen LogP contribution is -2.58. The predicted octanol–water partition coefficient (Wildman–Crippen LogP) is 3.89. The summed E-state index contributed by atoms with van der Waals surface area (Å²) in [5.41, 5.74) is 3.61. The van der Waals surface area contributed by atoms with E-state index in [-0.39, 0.29) is 29.7 Å². The van der Waals surface area contributed by atoms with E-state index in [2.05, 4.69) is 35.8 Å². The quantitative estimate of drug-likeness (QED) is 0.471. The van der Waals surface area contributed by atoms with E-state index in [9.17, 15) is 14.7 Å². The van der Waals surface area contributed by atoms with E-state index in [1.165, 1.54) is 0 Å². The van der Waals surface area contributed by atoms with Gasteiger partial charge in [0, 0.05) is 43.7 Å². The van der Waals surface area contributed by atoms with Crippen molar-refractivity contribution in [3.8, 4) is 5.69 Å². The number of carboxylic acid groups (broad SMARTS) is 1. The van der Waals surface area contributed by atoms with Crippen molar-refractivity contribution in [2.45, 2.75) is 45.9 Å². The van der Waals surface area contributed by atoms with E-state index in [0.717, 1.165) is 30.0 Å². The molecule has 36 heavy (non-hydrogen) atoms. The summed E-state index contributed by atoms with van der Waals surface area (Å²) >= 11 is 0. The molecule has 0 radical (unpaired) electrons. The van der Waals surface area contributed by atoms with Crippen molar-refractivity contribution in [2.75, 3.05) is 38.3 Å². The topological polar surface area (TPSA) is 97.1 Å². The highest BCUT2D eigenvalue weighted by molar-refractivity contribution is 5.93. The van der Waals surface area contributed by atoms with Gasteiger partial charge in [0.25, 0.3) is 0 Å². The maximum absolute atomic E-state index is 12.1. The zero-order valence-electron chi connectivity index (χ0n) is 21.5. The smallest absolute Gasteiger partial charge is 0.335 e. The third kappa shape index (κ3) is 5.08. The molecule has 4 rings (SSSR count). The third-order valence-electron chi connectivity index (χ3n) is 6.82. The van der Waals surface area contributed by atoms with Crippen LogP contribution in [0.1, 0.15) is 50.0 Å². The van der Waals surface area contributed by atoms with Crippen LogP contribution in [0.3, 0.4) is 0 Å². The van der Waals surface area contributed by atoms with Gasteiger partial charge in [-0.2, -0.15) is 0 Å². The first-order valence-corrected chi connectivity index (χ1v) is 12.3. The molecule has 3 atom stereocenters. The van der Waals surface area contributed by atoms with Crippen LogP contribution in [0.4, 0.5) is 5.69 Å². The Morgan fingerprint density at radius 3 is 2.44 bits per heavy atom. The average molecular weight is 495 g/mol. The van der Waals surface area contributed by atoms with E-state index in [1.54, 1.807) is 25.3 Å². The van der Waals surface area contributed by atoms with Crippen molar-refractivity contribution in [1.82, 2.24) is 14.5 Å². The Morgan fingerprint density at radius 2 is 1.81 bits per heavy atom. The number of benzene rings is 2. The molecule has 3 unspecified atom stereocenters. The van der Waals surface area contributed by atoms with Gasteiger partial charge in [0.2, 0.25) is 0 Å². The second-order valence-corrected chi connectivity index (χ2v) is 9.29. The summed E-state index contributed by atoms with van der Waals surface area (Å²) in [7, 11) is 1.63. The van der Waals surface area contributed by atoms with Gasteiger partial charge in [0.1, 0.15) is 11.9 Å². The van der Waals surface area contributed by atoms with Crippen LogP contribution in [0.15, 0.2) is 42.5 Å². The molecule has 0 aliphatic carbocycles. The molecular weight excluding hydrogens is 460 g/mol. The van der Waals surface area contributed by atoms with Crippen molar-refractivity contribution >= 4 is 28.7 Å². The van der Waals surface area contributed by atoms with Crippen LogP contribution in [-0.4, -0.2) is 76.9 Å². The lowest BCUT2D eigenvalue weighted by molar-refractivity contribution is -0.145. The number of aromatic carboxylic acids is 1. The molecular formula is C27H34N4O5. The lowest BCUT2D eigenvalue weighted by Gasteiger charge is -2.45. The molecule has 0 amide bonds. The molecule has 0 spiro atoms. The molecule has 2 aromatic carbocycles. The fraction of sp³-hybridized carbons (Fsp3) is 0.444. The fourth-order valence-corrected chi connectivity index (χ4v) is 4.95. The molecule has 9 heteroatoms. The average Bonchev–Trinajstić information content (AvgIpc) is 3.24. The van der Waals surface area contributed by atoms with Gasteiger partial charge >= 0.3 is 11.9 Å². The van der Waals surface area contributed by atoms with Crippen LogP contribution >= 0.6 is 0 Å². The number of rotatable bonds is 8. The van der Waals surface area contributed by atoms with Gasteiger partial charge in [0.05, 0.1) is 29.7 Å². The zero-order valence-corrected chi connectivity index (χ0v) is 21.5. The molecule has 1 fully saturated rings. The Bertz CT molecular complexity index is 1240. The highest BCUT2D eigenvalue weighted by Gasteiger charge is 2.31. The Labute approximate surface area is 211 Å². The number of anilines is 1. The first-order chi connectivity index (χ1) is 17.2. The van der Waals surface area contributed by atoms with E-state index >= 15 is 0 Å². The summed E-state index contributed by atoms with van der Waals surface area (Å²) < 4.78 is 12.8. The minimum atomic E-state index is -0.986. The lowest BCUT2D eigenvalue weighted by atomic mass is 10.1. The van der Waals surface area contributed by atoms with Crippen LogP contribution in [0.5, 0.6) is 0 Å². The van der Waals surface area contributed by atoms with Crippen molar-refractivity contribution in [3.63, 3.8) is 0 Å². The third-order valence-corrected chi connectivity index (χ3v) is 6.82. The van der Waals surface area contributed by atoms with Crippen LogP contribution in [0.2, 0.25) is 0 Å². The molecule has 1 saturated heterocycles. The Morgan fingerprint density at radius 1 is 1.11 bits per heavy atom. The summed E-state index contributed by atoms with van der Waals surface area (Å²) in [5, 5.41) is 9.42. The standard InChI is InChI=1S/C27H34N4O5/c1-6-36-25(32)16-30-17(2)14-29(15-18(30)3)21-8-7-9-22(13-21)31-24-11-10-20(27(33)34)12-23(24)28-26(31)19(4)35-5/h7-13,17-19H,6,14-16H2,1-5H3,(H,33,34). The number of piperazine rings is 1. The molecule has 9 nitrogen and oxygen atoms in total. The second kappa shape index (κ2) is 10.7. The van der Waals surface area contributed by atoms with Gasteiger partial charge in [0.15, 0.2) is 0 Å². The maximum Gasteiger partial charge on any atom is 0.335 e. The number of aromatic nitrogens is 2. The highest BCUT2D eigenvalue weighted by atomic mass is 16.5. The fourth-order valence-electron chi connectivity index (χ4n) is 4.95. The molecule has 0 saturated carbocycles. The van der Waals surface area contributed by atoms with E-state index in [1.807, 2.05) is 30.5 Å². The van der Waals surface area contributed by atoms with Crippen LogP contribution in [-0.2, 0) is 14.3 Å². The minimum Gasteiger partial charge on any atom is -0.478 e. The van der Waals surface area contributed by atoms with Gasteiger partial charge < -0.3 is 19.5 Å². The molecule has 1 aromatic heterocycles. The normalized spacial score (nSPS) is 19.4. The number of hydrogen-bond donors (Lipinski definition) is 1. The van der Waals surface area contributed by atoms with Crippen molar-refractivity contribution in [1.29, 1.82) is 0 Å². The number of carbonyl (C=O) groups excluding carboxylic acids is 1. The monoisotopic (exact) mass is 494 g/mol. The van der Waals surface area contributed by atoms with Crippen LogP contribution < -0.4 is 4.90 Å². The molecule has 2 heterocycles. The summed E-state index contributed by atoms with van der Waals surface area (Å²) in [6.45, 7) is 10.2. The number of fused-ring (bicyclic) bond motifs is 1. The molecule has 1 N–H and O–H groups in total. The maximum atomic E-state index is 12.1. The van der Waals surface area contributed by atoms with Crippen molar-refractivity contribution < 1.29 is 24.2 Å². The van der Waals surface area contributed by atoms with Crippen molar-refractivity contribution in [3.05, 3.63) is 53.9 Å². The number of imidazole rings is 1. The number of hydrogen-bond acceptors (Lipinski definition) is 7. The van der Waals surface area contributed by atoms with Gasteiger partial charge in [-0.1, -0.05) is 6.07 Å². The SMILES string of the molecule is CCOC(=O)CN1C(C)CN(c2cccc(-n3c(C(C)OC)nc4cc(C(=O)O)ccc43)c2)CC1C. The van der Waals surface area contributed by atoms with Gasteiger partial charge in [-0.25, -0.2) is 9.78 Å². The van der Waals surface area contributed by atoms with E-state index in [4.69, 9.17) is 14.5 Å². The predicted molar refractivity (Wildman–Crippen MR) is 138 cm³/mol. The summed E-state index contributed by atoms with van der Waals surface area (Å²) in [4.78, 5) is 32.8. The first kappa shape index (κ1) is 25.7. The largest absolute Gasteiger partial charge is 0.478 e. The molecule has 0 bridgehead atoms. The summed E-state index contributed by atoms with van der Waals surface area (Å²) in [6, 6.07) is 13.6. The Hall–Kier alpha value is -3.43. The Balaban J connectivity index is 1.67. The number of carboxylic acids is 1.